The van der Waals surface area contributed by atoms with Crippen LogP contribution in [-0.4, -0.2) is 51.7 Å². The lowest BCUT2D eigenvalue weighted by Gasteiger charge is -2.35. The highest BCUT2D eigenvalue weighted by atomic mass is 32.2. The second-order valence-electron chi connectivity index (χ2n) is 8.35. The van der Waals surface area contributed by atoms with Crippen LogP contribution >= 0.6 is 0 Å². The molecular weight excluding hydrogens is 428 g/mol. The largest absolute Gasteiger partial charge is 0.492 e. The Morgan fingerprint density at radius 1 is 1.17 bits per heavy atom. The third kappa shape index (κ3) is 6.91. The van der Waals surface area contributed by atoms with Crippen LogP contribution in [0.15, 0.2) is 24.3 Å². The number of ether oxygens (including phenoxy) is 1. The van der Waals surface area contributed by atoms with Crippen LogP contribution in [0.2, 0.25) is 0 Å². The molecule has 172 valence electrons. The Bertz CT molecular complexity index is 902. The van der Waals surface area contributed by atoms with Gasteiger partial charge in [-0.15, -0.1) is 0 Å². The van der Waals surface area contributed by atoms with Crippen molar-refractivity contribution in [3.63, 3.8) is 0 Å². The van der Waals surface area contributed by atoms with Crippen LogP contribution in [0.5, 0.6) is 5.75 Å². The van der Waals surface area contributed by atoms with E-state index in [2.05, 4.69) is 4.72 Å². The summed E-state index contributed by atoms with van der Waals surface area (Å²) in [6.45, 7) is 5.18. The average molecular weight is 463 g/mol. The van der Waals surface area contributed by atoms with Crippen LogP contribution in [0, 0.1) is 5.92 Å². The van der Waals surface area contributed by atoms with Gasteiger partial charge in [-0.25, -0.2) is 26.7 Å². The molecule has 4 unspecified atom stereocenters. The Balaban J connectivity index is 1.96. The molecule has 0 saturated heterocycles. The van der Waals surface area contributed by atoms with E-state index in [1.54, 1.807) is 20.8 Å². The molecule has 0 aliphatic heterocycles. The minimum Gasteiger partial charge on any atom is -0.492 e. The zero-order valence-electron chi connectivity index (χ0n) is 17.8. The summed E-state index contributed by atoms with van der Waals surface area (Å²) in [5.41, 5.74) is 0.973. The highest BCUT2D eigenvalue weighted by Gasteiger charge is 2.33. The number of nitrogens with one attached hydrogen (secondary N) is 1. The Hall–Kier alpha value is -1.20. The Labute approximate surface area is 180 Å². The van der Waals surface area contributed by atoms with Crippen LogP contribution in [0.25, 0.3) is 0 Å². The van der Waals surface area contributed by atoms with Gasteiger partial charge in [0.25, 0.3) is 0 Å². The van der Waals surface area contributed by atoms with Gasteiger partial charge in [0, 0.05) is 6.54 Å². The number of aliphatic hydroxyl groups excluding tert-OH is 1. The van der Waals surface area contributed by atoms with Crippen molar-refractivity contribution in [2.24, 2.45) is 11.1 Å². The maximum Gasteiger partial charge on any atom is 0.214 e. The summed E-state index contributed by atoms with van der Waals surface area (Å²) >= 11 is 0. The summed E-state index contributed by atoms with van der Waals surface area (Å²) < 4.78 is 55.0. The van der Waals surface area contributed by atoms with Crippen molar-refractivity contribution >= 4 is 20.0 Å². The van der Waals surface area contributed by atoms with E-state index >= 15 is 0 Å². The smallest absolute Gasteiger partial charge is 0.214 e. The van der Waals surface area contributed by atoms with E-state index in [1.165, 1.54) is 0 Å². The van der Waals surface area contributed by atoms with Crippen LogP contribution in [0.3, 0.4) is 0 Å². The molecule has 1 aromatic rings. The van der Waals surface area contributed by atoms with E-state index in [0.717, 1.165) is 12.0 Å². The summed E-state index contributed by atoms with van der Waals surface area (Å²) in [7, 11) is -6.94. The normalized spacial score (nSPS) is 24.0. The van der Waals surface area contributed by atoms with E-state index in [-0.39, 0.29) is 25.0 Å². The van der Waals surface area contributed by atoms with Crippen molar-refractivity contribution in [3.05, 3.63) is 29.8 Å². The number of rotatable bonds is 10. The van der Waals surface area contributed by atoms with Crippen LogP contribution in [0.4, 0.5) is 0 Å². The van der Waals surface area contributed by atoms with Gasteiger partial charge in [-0.05, 0) is 69.9 Å². The first-order chi connectivity index (χ1) is 13.9. The highest BCUT2D eigenvalue weighted by Crippen LogP contribution is 2.41. The van der Waals surface area contributed by atoms with Crippen molar-refractivity contribution in [1.29, 1.82) is 0 Å². The number of para-hydroxylation sites is 1. The van der Waals surface area contributed by atoms with Gasteiger partial charge < -0.3 is 9.84 Å². The maximum absolute atomic E-state index is 11.8. The van der Waals surface area contributed by atoms with Gasteiger partial charge in [-0.1, -0.05) is 18.2 Å². The van der Waals surface area contributed by atoms with Gasteiger partial charge in [0.1, 0.15) is 12.4 Å². The minimum atomic E-state index is -3.61. The number of sulfonamides is 2. The zero-order valence-corrected chi connectivity index (χ0v) is 19.5. The van der Waals surface area contributed by atoms with E-state index < -0.39 is 36.7 Å². The summed E-state index contributed by atoms with van der Waals surface area (Å²) in [4.78, 5) is 0. The summed E-state index contributed by atoms with van der Waals surface area (Å²) in [5, 5.41) is 14.6. The highest BCUT2D eigenvalue weighted by molar-refractivity contribution is 7.90. The first-order valence-electron chi connectivity index (χ1n) is 10.3. The van der Waals surface area contributed by atoms with Gasteiger partial charge >= 0.3 is 0 Å². The number of nitrogens with two attached hydrogens (primary N) is 1. The number of aliphatic hydroxyl groups is 1. The molecule has 1 aliphatic rings. The van der Waals surface area contributed by atoms with Crippen LogP contribution in [0.1, 0.15) is 57.9 Å². The summed E-state index contributed by atoms with van der Waals surface area (Å²) in [5.74, 6) is 0.660. The molecule has 0 radical (unpaired) electrons. The predicted molar refractivity (Wildman–Crippen MR) is 117 cm³/mol. The van der Waals surface area contributed by atoms with Crippen LogP contribution in [-0.2, 0) is 20.0 Å². The standard InChI is InChI=1S/C20H34N2O6S2/c1-14(2)30(26,27)22-10-11-28-20-7-5-4-6-18(20)16-8-9-17(19(23)13-16)12-15(3)29(21,24)25/h4-7,14-17,19,22-23H,8-13H2,1-3H3,(H2,21,24,25). The Morgan fingerprint density at radius 3 is 2.43 bits per heavy atom. The van der Waals surface area contributed by atoms with E-state index in [1.807, 2.05) is 24.3 Å². The lowest BCUT2D eigenvalue weighted by Crippen LogP contribution is -2.35. The fraction of sp³-hybridized carbons (Fsp3) is 0.700. The number of primary sulfonamides is 1. The van der Waals surface area contributed by atoms with Gasteiger partial charge in [-0.3, -0.25) is 0 Å². The predicted octanol–water partition coefficient (Wildman–Crippen LogP) is 1.70. The van der Waals surface area contributed by atoms with Crippen LogP contribution < -0.4 is 14.6 Å². The molecular formula is C20H34N2O6S2. The van der Waals surface area contributed by atoms with Crippen molar-refractivity contribution in [2.75, 3.05) is 13.2 Å². The topological polar surface area (TPSA) is 136 Å². The van der Waals surface area contributed by atoms with Gasteiger partial charge in [0.2, 0.25) is 20.0 Å². The van der Waals surface area contributed by atoms with Gasteiger partial charge in [0.15, 0.2) is 0 Å². The fourth-order valence-corrected chi connectivity index (χ4v) is 5.00. The van der Waals surface area contributed by atoms with Crippen molar-refractivity contribution in [2.45, 2.75) is 69.0 Å². The third-order valence-electron chi connectivity index (χ3n) is 5.79. The van der Waals surface area contributed by atoms with Crippen molar-refractivity contribution in [1.82, 2.24) is 4.72 Å². The van der Waals surface area contributed by atoms with Crippen molar-refractivity contribution < 1.29 is 26.7 Å². The zero-order chi connectivity index (χ0) is 22.5. The third-order valence-corrected chi connectivity index (χ3v) is 8.96. The summed E-state index contributed by atoms with van der Waals surface area (Å²) in [6, 6.07) is 7.56. The second kappa shape index (κ2) is 10.4. The second-order valence-corrected chi connectivity index (χ2v) is 12.7. The first-order valence-corrected chi connectivity index (χ1v) is 13.5. The number of benzene rings is 1. The molecule has 0 spiro atoms. The summed E-state index contributed by atoms with van der Waals surface area (Å²) in [6.07, 6.45) is 1.76. The molecule has 30 heavy (non-hydrogen) atoms. The number of hydrogen-bond donors (Lipinski definition) is 3. The first kappa shape index (κ1) is 25.1. The lowest BCUT2D eigenvalue weighted by molar-refractivity contribution is 0.0556. The molecule has 0 aromatic heterocycles. The van der Waals surface area contributed by atoms with Gasteiger partial charge in [-0.2, -0.15) is 0 Å². The van der Waals surface area contributed by atoms with E-state index in [4.69, 9.17) is 9.88 Å². The van der Waals surface area contributed by atoms with Crippen molar-refractivity contribution in [3.8, 4) is 5.75 Å². The maximum atomic E-state index is 11.8. The Morgan fingerprint density at radius 2 is 1.83 bits per heavy atom. The molecule has 1 fully saturated rings. The SMILES string of the molecule is CC(CC1CCC(c2ccccc2OCCNS(=O)(=O)C(C)C)CC1O)S(N)(=O)=O. The monoisotopic (exact) mass is 462 g/mol. The number of hydrogen-bond acceptors (Lipinski definition) is 6. The van der Waals surface area contributed by atoms with E-state index in [0.29, 0.717) is 25.0 Å². The molecule has 0 amide bonds. The Kier molecular flexibility index (Phi) is 8.70. The molecule has 0 bridgehead atoms. The molecule has 2 rings (SSSR count). The molecule has 10 heteroatoms. The molecule has 1 aliphatic carbocycles. The molecule has 1 saturated carbocycles. The minimum absolute atomic E-state index is 0.0876. The average Bonchev–Trinajstić information content (AvgIpc) is 2.66. The quantitative estimate of drug-likeness (QED) is 0.453. The molecule has 4 atom stereocenters. The molecule has 0 heterocycles. The van der Waals surface area contributed by atoms with Gasteiger partial charge in [0.05, 0.1) is 16.6 Å². The molecule has 8 nitrogen and oxygen atoms in total. The molecule has 1 aromatic carbocycles. The fourth-order valence-electron chi connectivity index (χ4n) is 3.79. The van der Waals surface area contributed by atoms with E-state index in [9.17, 15) is 21.9 Å². The lowest BCUT2D eigenvalue weighted by atomic mass is 9.75. The molecule has 4 N–H and O–H groups in total.